The van der Waals surface area contributed by atoms with E-state index in [-0.39, 0.29) is 0 Å². The highest BCUT2D eigenvalue weighted by Gasteiger charge is 2.13. The maximum atomic E-state index is 3.60. The first kappa shape index (κ1) is 14.2. The predicted octanol–water partition coefficient (Wildman–Crippen LogP) is 4.91. The number of thiophene rings is 1. The lowest BCUT2D eigenvalue weighted by Crippen LogP contribution is -2.15. The summed E-state index contributed by atoms with van der Waals surface area (Å²) in [5.74, 6) is 0.814. The number of aryl methyl sites for hydroxylation is 1. The molecule has 0 saturated carbocycles. The van der Waals surface area contributed by atoms with Crippen LogP contribution in [0.1, 0.15) is 49.6 Å². The maximum absolute atomic E-state index is 3.60. The first-order valence-electron chi connectivity index (χ1n) is 5.97. The zero-order valence-corrected chi connectivity index (χ0v) is 13.0. The molecule has 1 rings (SSSR count). The molecule has 16 heavy (non-hydrogen) atoms. The van der Waals surface area contributed by atoms with Gasteiger partial charge in [-0.05, 0) is 53.9 Å². The van der Waals surface area contributed by atoms with E-state index in [2.05, 4.69) is 55.1 Å². The average Bonchev–Trinajstić information content (AvgIpc) is 2.53. The highest BCUT2D eigenvalue weighted by atomic mass is 79.9. The molecule has 1 N–H and O–H groups in total. The van der Waals surface area contributed by atoms with Crippen molar-refractivity contribution >= 4 is 27.3 Å². The number of halogens is 1. The third kappa shape index (κ3) is 4.19. The van der Waals surface area contributed by atoms with Crippen molar-refractivity contribution < 1.29 is 0 Å². The quantitative estimate of drug-likeness (QED) is 0.787. The molecule has 0 spiro atoms. The van der Waals surface area contributed by atoms with Crippen molar-refractivity contribution in [2.24, 2.45) is 5.92 Å². The van der Waals surface area contributed by atoms with E-state index in [0.29, 0.717) is 6.04 Å². The SMILES string of the molecule is CNC(CCCC(C)C)c1cc(C)c(Br)s1. The van der Waals surface area contributed by atoms with E-state index < -0.39 is 0 Å². The summed E-state index contributed by atoms with van der Waals surface area (Å²) in [5.41, 5.74) is 1.35. The average molecular weight is 304 g/mol. The summed E-state index contributed by atoms with van der Waals surface area (Å²) in [6, 6.07) is 2.82. The molecule has 0 aliphatic carbocycles. The molecule has 0 fully saturated rings. The van der Waals surface area contributed by atoms with Crippen molar-refractivity contribution in [2.75, 3.05) is 7.05 Å². The van der Waals surface area contributed by atoms with Gasteiger partial charge in [0.15, 0.2) is 0 Å². The largest absolute Gasteiger partial charge is 0.312 e. The Balaban J connectivity index is 2.53. The summed E-state index contributed by atoms with van der Waals surface area (Å²) in [6.45, 7) is 6.74. The monoisotopic (exact) mass is 303 g/mol. The van der Waals surface area contributed by atoms with Crippen LogP contribution in [0.15, 0.2) is 9.85 Å². The Morgan fingerprint density at radius 1 is 1.38 bits per heavy atom. The van der Waals surface area contributed by atoms with Gasteiger partial charge in [0, 0.05) is 10.9 Å². The molecule has 0 amide bonds. The van der Waals surface area contributed by atoms with Crippen molar-refractivity contribution in [3.63, 3.8) is 0 Å². The van der Waals surface area contributed by atoms with Crippen LogP contribution < -0.4 is 5.32 Å². The van der Waals surface area contributed by atoms with E-state index in [4.69, 9.17) is 0 Å². The maximum Gasteiger partial charge on any atom is 0.0731 e. The molecule has 92 valence electrons. The Morgan fingerprint density at radius 3 is 2.50 bits per heavy atom. The van der Waals surface area contributed by atoms with Gasteiger partial charge in [0.2, 0.25) is 0 Å². The lowest BCUT2D eigenvalue weighted by atomic mass is 10.0. The molecule has 0 saturated heterocycles. The van der Waals surface area contributed by atoms with E-state index >= 15 is 0 Å². The summed E-state index contributed by atoms with van der Waals surface area (Å²) in [7, 11) is 2.06. The predicted molar refractivity (Wildman–Crippen MR) is 77.2 cm³/mol. The van der Waals surface area contributed by atoms with E-state index in [1.807, 2.05) is 11.3 Å². The molecule has 1 heterocycles. The van der Waals surface area contributed by atoms with Crippen molar-refractivity contribution in [3.8, 4) is 0 Å². The van der Waals surface area contributed by atoms with Gasteiger partial charge in [-0.15, -0.1) is 11.3 Å². The lowest BCUT2D eigenvalue weighted by Gasteiger charge is -2.15. The van der Waals surface area contributed by atoms with Gasteiger partial charge in [-0.3, -0.25) is 0 Å². The van der Waals surface area contributed by atoms with Crippen LogP contribution in [0, 0.1) is 12.8 Å². The minimum Gasteiger partial charge on any atom is -0.312 e. The minimum absolute atomic E-state index is 0.522. The molecule has 0 aromatic carbocycles. The molecule has 0 aliphatic heterocycles. The fourth-order valence-corrected chi connectivity index (χ4v) is 3.53. The number of nitrogens with one attached hydrogen (secondary N) is 1. The normalized spacial score (nSPS) is 13.4. The second-order valence-electron chi connectivity index (χ2n) is 4.77. The Labute approximate surface area is 112 Å². The molecular weight excluding hydrogens is 282 g/mol. The molecule has 1 unspecified atom stereocenters. The minimum atomic E-state index is 0.522. The van der Waals surface area contributed by atoms with E-state index in [1.54, 1.807) is 0 Å². The lowest BCUT2D eigenvalue weighted by molar-refractivity contribution is 0.474. The van der Waals surface area contributed by atoms with Crippen LogP contribution in [-0.4, -0.2) is 7.05 Å². The fraction of sp³-hybridized carbons (Fsp3) is 0.692. The molecule has 1 aromatic rings. The number of rotatable bonds is 6. The smallest absolute Gasteiger partial charge is 0.0731 e. The van der Waals surface area contributed by atoms with Crippen molar-refractivity contribution in [1.82, 2.24) is 5.32 Å². The number of hydrogen-bond acceptors (Lipinski definition) is 2. The zero-order valence-electron chi connectivity index (χ0n) is 10.6. The topological polar surface area (TPSA) is 12.0 Å². The Kier molecular flexibility index (Phi) is 6.01. The first-order valence-corrected chi connectivity index (χ1v) is 7.58. The van der Waals surface area contributed by atoms with Crippen molar-refractivity contribution in [2.45, 2.75) is 46.1 Å². The van der Waals surface area contributed by atoms with Crippen LogP contribution >= 0.6 is 27.3 Å². The third-order valence-corrected chi connectivity index (χ3v) is 5.09. The van der Waals surface area contributed by atoms with Gasteiger partial charge in [-0.1, -0.05) is 26.7 Å². The van der Waals surface area contributed by atoms with E-state index in [0.717, 1.165) is 5.92 Å². The molecule has 1 aromatic heterocycles. The summed E-state index contributed by atoms with van der Waals surface area (Å²) in [4.78, 5) is 1.45. The van der Waals surface area contributed by atoms with Crippen LogP contribution in [0.25, 0.3) is 0 Å². The Bertz CT molecular complexity index is 300. The van der Waals surface area contributed by atoms with Crippen LogP contribution in [-0.2, 0) is 0 Å². The molecule has 3 heteroatoms. The van der Waals surface area contributed by atoms with Crippen LogP contribution in [0.2, 0.25) is 0 Å². The summed E-state index contributed by atoms with van der Waals surface area (Å²) in [5, 5.41) is 3.42. The zero-order chi connectivity index (χ0) is 12.1. The second-order valence-corrected chi connectivity index (χ2v) is 7.17. The summed E-state index contributed by atoms with van der Waals surface area (Å²) < 4.78 is 1.27. The third-order valence-electron chi connectivity index (χ3n) is 2.84. The summed E-state index contributed by atoms with van der Waals surface area (Å²) in [6.07, 6.45) is 3.86. The molecular formula is C13H22BrNS. The number of hydrogen-bond donors (Lipinski definition) is 1. The van der Waals surface area contributed by atoms with Crippen LogP contribution in [0.4, 0.5) is 0 Å². The highest BCUT2D eigenvalue weighted by molar-refractivity contribution is 9.11. The Morgan fingerprint density at radius 2 is 2.06 bits per heavy atom. The second kappa shape index (κ2) is 6.77. The molecule has 0 bridgehead atoms. The molecule has 1 nitrogen and oxygen atoms in total. The van der Waals surface area contributed by atoms with E-state index in [9.17, 15) is 0 Å². The van der Waals surface area contributed by atoms with Crippen LogP contribution in [0.3, 0.4) is 0 Å². The van der Waals surface area contributed by atoms with E-state index in [1.165, 1.54) is 33.5 Å². The van der Waals surface area contributed by atoms with Gasteiger partial charge in [-0.25, -0.2) is 0 Å². The van der Waals surface area contributed by atoms with Gasteiger partial charge in [0.05, 0.1) is 3.79 Å². The molecule has 0 aliphatic rings. The van der Waals surface area contributed by atoms with Gasteiger partial charge in [-0.2, -0.15) is 0 Å². The van der Waals surface area contributed by atoms with Crippen LogP contribution in [0.5, 0.6) is 0 Å². The molecule has 1 atom stereocenters. The van der Waals surface area contributed by atoms with Gasteiger partial charge in [0.1, 0.15) is 0 Å². The molecule has 0 radical (unpaired) electrons. The van der Waals surface area contributed by atoms with Crippen molar-refractivity contribution in [3.05, 3.63) is 20.3 Å². The summed E-state index contributed by atoms with van der Waals surface area (Å²) >= 11 is 5.46. The standard InChI is InChI=1S/C13H22BrNS/c1-9(2)6-5-7-11(15-4)12-8-10(3)13(14)16-12/h8-9,11,15H,5-7H2,1-4H3. The fourth-order valence-electron chi connectivity index (χ4n) is 1.81. The van der Waals surface area contributed by atoms with Gasteiger partial charge in [0.25, 0.3) is 0 Å². The Hall–Kier alpha value is 0.140. The highest BCUT2D eigenvalue weighted by Crippen LogP contribution is 2.33. The van der Waals surface area contributed by atoms with Gasteiger partial charge >= 0.3 is 0 Å². The van der Waals surface area contributed by atoms with Gasteiger partial charge < -0.3 is 5.32 Å². The first-order chi connectivity index (χ1) is 7.54. The van der Waals surface area contributed by atoms with Crippen molar-refractivity contribution in [1.29, 1.82) is 0 Å².